The van der Waals surface area contributed by atoms with Gasteiger partial charge < -0.3 is 0 Å². The highest BCUT2D eigenvalue weighted by molar-refractivity contribution is 7.17. The van der Waals surface area contributed by atoms with Gasteiger partial charge in [0.05, 0.1) is 10.6 Å². The molecule has 0 N–H and O–H groups in total. The molecule has 1 aromatic carbocycles. The zero-order valence-corrected chi connectivity index (χ0v) is 8.54. The van der Waals surface area contributed by atoms with E-state index < -0.39 is 0 Å². The van der Waals surface area contributed by atoms with Crippen LogP contribution in [0.2, 0.25) is 5.02 Å². The minimum Gasteiger partial charge on any atom is -0.192 e. The van der Waals surface area contributed by atoms with Crippen LogP contribution in [0.4, 0.5) is 0 Å². The minimum absolute atomic E-state index is 0.560. The molecule has 13 heavy (non-hydrogen) atoms. The monoisotopic (exact) mass is 207 g/mol. The van der Waals surface area contributed by atoms with Crippen molar-refractivity contribution in [1.29, 1.82) is 5.26 Å². The van der Waals surface area contributed by atoms with Crippen LogP contribution in [0.3, 0.4) is 0 Å². The SMILES string of the molecule is Cc1c(Cl)c(C#N)cc2ccsc12. The summed E-state index contributed by atoms with van der Waals surface area (Å²) >= 11 is 7.67. The summed E-state index contributed by atoms with van der Waals surface area (Å²) in [5, 5.41) is 12.5. The van der Waals surface area contributed by atoms with Crippen LogP contribution in [0.25, 0.3) is 10.1 Å². The molecular weight excluding hydrogens is 202 g/mol. The maximum absolute atomic E-state index is 8.81. The maximum atomic E-state index is 8.81. The zero-order valence-electron chi connectivity index (χ0n) is 6.97. The van der Waals surface area contributed by atoms with Gasteiger partial charge in [0, 0.05) is 4.70 Å². The molecule has 0 aliphatic rings. The van der Waals surface area contributed by atoms with Gasteiger partial charge in [0.2, 0.25) is 0 Å². The summed E-state index contributed by atoms with van der Waals surface area (Å²) in [4.78, 5) is 0. The second-order valence-electron chi connectivity index (χ2n) is 2.81. The first-order valence-electron chi connectivity index (χ1n) is 3.80. The van der Waals surface area contributed by atoms with Crippen molar-refractivity contribution in [1.82, 2.24) is 0 Å². The van der Waals surface area contributed by atoms with E-state index in [2.05, 4.69) is 6.07 Å². The molecule has 64 valence electrons. The third-order valence-corrected chi connectivity index (χ3v) is 3.56. The molecule has 0 atom stereocenters. The Morgan fingerprint density at radius 2 is 2.31 bits per heavy atom. The quantitative estimate of drug-likeness (QED) is 0.646. The molecule has 0 saturated carbocycles. The molecule has 0 unspecified atom stereocenters. The summed E-state index contributed by atoms with van der Waals surface area (Å²) in [6.07, 6.45) is 0. The van der Waals surface area contributed by atoms with Crippen LogP contribution in [0.1, 0.15) is 11.1 Å². The van der Waals surface area contributed by atoms with Crippen LogP contribution in [0.5, 0.6) is 0 Å². The van der Waals surface area contributed by atoms with E-state index in [1.165, 1.54) is 4.70 Å². The number of benzene rings is 1. The number of nitriles is 1. The van der Waals surface area contributed by atoms with Crippen LogP contribution in [-0.2, 0) is 0 Å². The lowest BCUT2D eigenvalue weighted by atomic mass is 10.1. The van der Waals surface area contributed by atoms with Crippen molar-refractivity contribution in [3.05, 3.63) is 33.7 Å². The van der Waals surface area contributed by atoms with E-state index in [9.17, 15) is 0 Å². The summed E-state index contributed by atoms with van der Waals surface area (Å²) in [5.41, 5.74) is 1.57. The van der Waals surface area contributed by atoms with E-state index in [0.717, 1.165) is 10.9 Å². The number of hydrogen-bond acceptors (Lipinski definition) is 2. The Morgan fingerprint density at radius 1 is 1.54 bits per heavy atom. The van der Waals surface area contributed by atoms with E-state index in [4.69, 9.17) is 16.9 Å². The zero-order chi connectivity index (χ0) is 9.42. The van der Waals surface area contributed by atoms with Gasteiger partial charge in [0.1, 0.15) is 6.07 Å². The van der Waals surface area contributed by atoms with Crippen LogP contribution in [0, 0.1) is 18.3 Å². The van der Waals surface area contributed by atoms with Gasteiger partial charge >= 0.3 is 0 Å². The Hall–Kier alpha value is -1.04. The van der Waals surface area contributed by atoms with Crippen LogP contribution < -0.4 is 0 Å². The molecule has 0 bridgehead atoms. The van der Waals surface area contributed by atoms with Gasteiger partial charge in [0.15, 0.2) is 0 Å². The molecule has 2 rings (SSSR count). The van der Waals surface area contributed by atoms with E-state index in [1.54, 1.807) is 11.3 Å². The Morgan fingerprint density at radius 3 is 3.00 bits per heavy atom. The molecule has 1 heterocycles. The van der Waals surface area contributed by atoms with Gasteiger partial charge in [0.25, 0.3) is 0 Å². The van der Waals surface area contributed by atoms with Gasteiger partial charge in [-0.25, -0.2) is 0 Å². The standard InChI is InChI=1S/C10H6ClNS/c1-6-9(11)8(5-12)4-7-2-3-13-10(6)7/h2-4H,1H3. The van der Waals surface area contributed by atoms with Crippen molar-refractivity contribution in [2.45, 2.75) is 6.92 Å². The Balaban J connectivity index is 2.94. The van der Waals surface area contributed by atoms with Crippen molar-refractivity contribution < 1.29 is 0 Å². The fraction of sp³-hybridized carbons (Fsp3) is 0.100. The number of nitrogens with zero attached hydrogens (tertiary/aromatic N) is 1. The number of fused-ring (bicyclic) bond motifs is 1. The van der Waals surface area contributed by atoms with Crippen LogP contribution in [0.15, 0.2) is 17.5 Å². The van der Waals surface area contributed by atoms with E-state index in [-0.39, 0.29) is 0 Å². The Kier molecular flexibility index (Phi) is 1.99. The lowest BCUT2D eigenvalue weighted by molar-refractivity contribution is 1.47. The first kappa shape index (κ1) is 8.55. The number of halogens is 1. The summed E-state index contributed by atoms with van der Waals surface area (Å²) < 4.78 is 1.17. The molecular formula is C10H6ClNS. The summed E-state index contributed by atoms with van der Waals surface area (Å²) in [6.45, 7) is 1.95. The lowest BCUT2D eigenvalue weighted by Crippen LogP contribution is -1.81. The number of aryl methyl sites for hydroxylation is 1. The van der Waals surface area contributed by atoms with Crippen molar-refractivity contribution in [3.8, 4) is 6.07 Å². The smallest absolute Gasteiger partial charge is 0.101 e. The predicted octanol–water partition coefficient (Wildman–Crippen LogP) is 3.73. The van der Waals surface area contributed by atoms with Gasteiger partial charge in [-0.2, -0.15) is 5.26 Å². The molecule has 0 aliphatic carbocycles. The third-order valence-electron chi connectivity index (χ3n) is 2.02. The highest BCUT2D eigenvalue weighted by atomic mass is 35.5. The number of thiophene rings is 1. The summed E-state index contributed by atoms with van der Waals surface area (Å²) in [6, 6.07) is 5.93. The highest BCUT2D eigenvalue weighted by Gasteiger charge is 2.08. The average molecular weight is 208 g/mol. The second-order valence-corrected chi connectivity index (χ2v) is 4.11. The predicted molar refractivity (Wildman–Crippen MR) is 56.3 cm³/mol. The first-order valence-corrected chi connectivity index (χ1v) is 5.06. The largest absolute Gasteiger partial charge is 0.192 e. The Labute approximate surface area is 85.2 Å². The van der Waals surface area contributed by atoms with Crippen LogP contribution >= 0.6 is 22.9 Å². The molecule has 1 nitrogen and oxygen atoms in total. The van der Waals surface area contributed by atoms with Crippen molar-refractivity contribution in [2.24, 2.45) is 0 Å². The van der Waals surface area contributed by atoms with Crippen molar-refractivity contribution >= 4 is 33.0 Å². The molecule has 2 aromatic rings. The normalized spacial score (nSPS) is 10.2. The highest BCUT2D eigenvalue weighted by Crippen LogP contribution is 2.32. The third kappa shape index (κ3) is 1.21. The van der Waals surface area contributed by atoms with Gasteiger partial charge in [-0.1, -0.05) is 11.6 Å². The van der Waals surface area contributed by atoms with E-state index >= 15 is 0 Å². The second kappa shape index (κ2) is 3.02. The topological polar surface area (TPSA) is 23.8 Å². The summed E-state index contributed by atoms with van der Waals surface area (Å²) in [5.74, 6) is 0. The number of rotatable bonds is 0. The number of hydrogen-bond donors (Lipinski definition) is 0. The molecule has 1 aromatic heterocycles. The first-order chi connectivity index (χ1) is 6.24. The lowest BCUT2D eigenvalue weighted by Gasteiger charge is -2.01. The van der Waals surface area contributed by atoms with Gasteiger partial charge in [-0.05, 0) is 35.4 Å². The van der Waals surface area contributed by atoms with E-state index in [0.29, 0.717) is 10.6 Å². The molecule has 0 spiro atoms. The van der Waals surface area contributed by atoms with E-state index in [1.807, 2.05) is 24.4 Å². The van der Waals surface area contributed by atoms with Crippen molar-refractivity contribution in [3.63, 3.8) is 0 Å². The molecule has 0 aliphatic heterocycles. The molecule has 3 heteroatoms. The molecule has 0 saturated heterocycles. The maximum Gasteiger partial charge on any atom is 0.101 e. The van der Waals surface area contributed by atoms with Gasteiger partial charge in [-0.3, -0.25) is 0 Å². The van der Waals surface area contributed by atoms with Crippen LogP contribution in [-0.4, -0.2) is 0 Å². The Bertz CT molecular complexity index is 507. The summed E-state index contributed by atoms with van der Waals surface area (Å²) in [7, 11) is 0. The average Bonchev–Trinajstić information content (AvgIpc) is 2.59. The van der Waals surface area contributed by atoms with Crippen molar-refractivity contribution in [2.75, 3.05) is 0 Å². The fourth-order valence-corrected chi connectivity index (χ4v) is 2.48. The molecule has 0 radical (unpaired) electrons. The molecule has 0 fully saturated rings. The minimum atomic E-state index is 0.560. The van der Waals surface area contributed by atoms with Gasteiger partial charge in [-0.15, -0.1) is 11.3 Å². The fourth-order valence-electron chi connectivity index (χ4n) is 1.34. The molecule has 0 amide bonds.